The third-order valence-corrected chi connectivity index (χ3v) is 6.73. The Balaban J connectivity index is 0.000000227. The average molecular weight is 437 g/mol. The van der Waals surface area contributed by atoms with E-state index in [1.807, 2.05) is 0 Å². The molecule has 0 spiro atoms. The molecule has 1 saturated carbocycles. The Morgan fingerprint density at radius 3 is 1.50 bits per heavy atom. The number of nitrogens with one attached hydrogen (secondary N) is 2. The zero-order chi connectivity index (χ0) is 23.8. The van der Waals surface area contributed by atoms with Crippen LogP contribution < -0.4 is 10.6 Å². The van der Waals surface area contributed by atoms with E-state index in [0.717, 1.165) is 19.1 Å². The second-order valence-corrected chi connectivity index (χ2v) is 11.3. The van der Waals surface area contributed by atoms with Crippen LogP contribution in [0.5, 0.6) is 0 Å². The molecule has 1 fully saturated rings. The smallest absolute Gasteiger partial charge is 0.00682 e. The van der Waals surface area contributed by atoms with Crippen LogP contribution >= 0.6 is 0 Å². The molecule has 2 aromatic rings. The predicted molar refractivity (Wildman–Crippen MR) is 142 cm³/mol. The summed E-state index contributed by atoms with van der Waals surface area (Å²) in [4.78, 5) is 0. The lowest BCUT2D eigenvalue weighted by Gasteiger charge is -2.26. The van der Waals surface area contributed by atoms with Gasteiger partial charge in [-0.25, -0.2) is 0 Å². The van der Waals surface area contributed by atoms with Gasteiger partial charge in [0, 0.05) is 12.1 Å². The van der Waals surface area contributed by atoms with E-state index < -0.39 is 0 Å². The Hall–Kier alpha value is -1.64. The van der Waals surface area contributed by atoms with Crippen LogP contribution in [0.25, 0.3) is 0 Å². The standard InChI is InChI=1S/C15H23N.C15H25N/c1-12-4-6-13(7-5-12)15(2,3)10-11-16-14-8-9-14;1-12(2)16-11-10-15(4,5)14-8-6-13(3)7-9-14/h4-7,14,16H,8-11H2,1-3H3;6-9,12,16H,10-11H2,1-5H3. The minimum Gasteiger partial charge on any atom is -0.315 e. The number of hydrogen-bond acceptors (Lipinski definition) is 2. The molecule has 0 unspecified atom stereocenters. The summed E-state index contributed by atoms with van der Waals surface area (Å²) in [6.07, 6.45) is 5.15. The minimum atomic E-state index is 0.260. The van der Waals surface area contributed by atoms with Crippen molar-refractivity contribution in [3.05, 3.63) is 70.8 Å². The van der Waals surface area contributed by atoms with Gasteiger partial charge in [0.05, 0.1) is 0 Å². The number of hydrogen-bond donors (Lipinski definition) is 2. The van der Waals surface area contributed by atoms with Crippen LogP contribution in [0, 0.1) is 13.8 Å². The first kappa shape index (κ1) is 26.6. The molecule has 0 aliphatic heterocycles. The maximum atomic E-state index is 3.59. The van der Waals surface area contributed by atoms with Crippen molar-refractivity contribution in [3.63, 3.8) is 0 Å². The summed E-state index contributed by atoms with van der Waals surface area (Å²) in [5, 5.41) is 7.08. The normalized spacial score (nSPS) is 14.3. The zero-order valence-electron chi connectivity index (χ0n) is 22.0. The topological polar surface area (TPSA) is 24.1 Å². The van der Waals surface area contributed by atoms with Gasteiger partial charge in [0.25, 0.3) is 0 Å². The van der Waals surface area contributed by atoms with Crippen molar-refractivity contribution in [1.29, 1.82) is 0 Å². The molecular weight excluding hydrogens is 388 g/mol. The molecule has 2 aromatic carbocycles. The molecule has 178 valence electrons. The van der Waals surface area contributed by atoms with Gasteiger partial charge in [-0.15, -0.1) is 0 Å². The highest BCUT2D eigenvalue weighted by molar-refractivity contribution is 5.28. The summed E-state index contributed by atoms with van der Waals surface area (Å²) < 4.78 is 0. The third-order valence-electron chi connectivity index (χ3n) is 6.73. The zero-order valence-corrected chi connectivity index (χ0v) is 22.0. The third kappa shape index (κ3) is 9.46. The molecule has 0 bridgehead atoms. The maximum absolute atomic E-state index is 3.59. The largest absolute Gasteiger partial charge is 0.315 e. The average Bonchev–Trinajstić information content (AvgIpc) is 3.53. The van der Waals surface area contributed by atoms with Crippen LogP contribution in [-0.2, 0) is 10.8 Å². The van der Waals surface area contributed by atoms with Crippen LogP contribution in [0.1, 0.15) is 89.5 Å². The van der Waals surface area contributed by atoms with Crippen molar-refractivity contribution in [3.8, 4) is 0 Å². The van der Waals surface area contributed by atoms with Gasteiger partial charge < -0.3 is 10.6 Å². The van der Waals surface area contributed by atoms with Gasteiger partial charge in [-0.05, 0) is 74.6 Å². The molecule has 0 aromatic heterocycles. The van der Waals surface area contributed by atoms with Crippen LogP contribution in [-0.4, -0.2) is 25.2 Å². The van der Waals surface area contributed by atoms with E-state index in [0.29, 0.717) is 6.04 Å². The second-order valence-electron chi connectivity index (χ2n) is 11.3. The minimum absolute atomic E-state index is 0.260. The van der Waals surface area contributed by atoms with Gasteiger partial charge in [-0.3, -0.25) is 0 Å². The lowest BCUT2D eigenvalue weighted by atomic mass is 9.81. The van der Waals surface area contributed by atoms with Gasteiger partial charge >= 0.3 is 0 Å². The van der Waals surface area contributed by atoms with E-state index >= 15 is 0 Å². The van der Waals surface area contributed by atoms with E-state index in [2.05, 4.69) is 115 Å². The first-order valence-corrected chi connectivity index (χ1v) is 12.6. The molecule has 0 amide bonds. The van der Waals surface area contributed by atoms with Crippen LogP contribution in [0.3, 0.4) is 0 Å². The fourth-order valence-electron chi connectivity index (χ4n) is 3.85. The SMILES string of the molecule is Cc1ccc(C(C)(C)CCNC(C)C)cc1.Cc1ccc(C(C)(C)CCNC2CC2)cc1. The summed E-state index contributed by atoms with van der Waals surface area (Å²) in [7, 11) is 0. The van der Waals surface area contributed by atoms with E-state index in [4.69, 9.17) is 0 Å². The maximum Gasteiger partial charge on any atom is 0.00682 e. The summed E-state index contributed by atoms with van der Waals surface area (Å²) in [5.74, 6) is 0. The van der Waals surface area contributed by atoms with Crippen molar-refractivity contribution in [2.24, 2.45) is 0 Å². The van der Waals surface area contributed by atoms with Gasteiger partial charge in [0.2, 0.25) is 0 Å². The van der Waals surface area contributed by atoms with E-state index in [9.17, 15) is 0 Å². The second kappa shape index (κ2) is 12.0. The fourth-order valence-corrected chi connectivity index (χ4v) is 3.85. The molecule has 0 heterocycles. The first-order chi connectivity index (χ1) is 15.0. The molecule has 1 aliphatic rings. The van der Waals surface area contributed by atoms with Crippen molar-refractivity contribution in [2.45, 2.75) is 104 Å². The van der Waals surface area contributed by atoms with E-state index in [1.165, 1.54) is 47.9 Å². The van der Waals surface area contributed by atoms with Gasteiger partial charge in [0.1, 0.15) is 0 Å². The summed E-state index contributed by atoms with van der Waals surface area (Å²) in [6, 6.07) is 19.3. The van der Waals surface area contributed by atoms with Crippen LogP contribution in [0.4, 0.5) is 0 Å². The quantitative estimate of drug-likeness (QED) is 0.416. The molecule has 0 radical (unpaired) electrons. The summed E-state index contributed by atoms with van der Waals surface area (Å²) >= 11 is 0. The molecule has 3 rings (SSSR count). The monoisotopic (exact) mass is 436 g/mol. The predicted octanol–water partition coefficient (Wildman–Crippen LogP) is 7.08. The van der Waals surface area contributed by atoms with Gasteiger partial charge in [0.15, 0.2) is 0 Å². The van der Waals surface area contributed by atoms with Gasteiger partial charge in [-0.1, -0.05) is 101 Å². The molecule has 2 N–H and O–H groups in total. The van der Waals surface area contributed by atoms with Crippen LogP contribution in [0.2, 0.25) is 0 Å². The van der Waals surface area contributed by atoms with E-state index in [1.54, 1.807) is 0 Å². The number of benzene rings is 2. The van der Waals surface area contributed by atoms with Crippen molar-refractivity contribution >= 4 is 0 Å². The van der Waals surface area contributed by atoms with Crippen molar-refractivity contribution in [1.82, 2.24) is 10.6 Å². The molecule has 2 nitrogen and oxygen atoms in total. The van der Waals surface area contributed by atoms with Gasteiger partial charge in [-0.2, -0.15) is 0 Å². The van der Waals surface area contributed by atoms with Crippen molar-refractivity contribution in [2.75, 3.05) is 13.1 Å². The van der Waals surface area contributed by atoms with Crippen molar-refractivity contribution < 1.29 is 0 Å². The Labute approximate surface area is 198 Å². The Kier molecular flexibility index (Phi) is 9.98. The molecule has 2 heteroatoms. The van der Waals surface area contributed by atoms with Crippen LogP contribution in [0.15, 0.2) is 48.5 Å². The highest BCUT2D eigenvalue weighted by atomic mass is 14.9. The summed E-state index contributed by atoms with van der Waals surface area (Å²) in [5.41, 5.74) is 6.11. The lowest BCUT2D eigenvalue weighted by Crippen LogP contribution is -2.29. The fraction of sp³-hybridized carbons (Fsp3) is 0.600. The number of rotatable bonds is 10. The lowest BCUT2D eigenvalue weighted by molar-refractivity contribution is 0.441. The highest BCUT2D eigenvalue weighted by Crippen LogP contribution is 2.28. The highest BCUT2D eigenvalue weighted by Gasteiger charge is 2.24. The summed E-state index contributed by atoms with van der Waals surface area (Å²) in [6.45, 7) is 20.2. The molecule has 0 atom stereocenters. The molecule has 32 heavy (non-hydrogen) atoms. The molecular formula is C30H48N2. The Morgan fingerprint density at radius 2 is 1.12 bits per heavy atom. The molecule has 0 saturated heterocycles. The Bertz CT molecular complexity index is 719. The first-order valence-electron chi connectivity index (χ1n) is 12.6. The van der Waals surface area contributed by atoms with E-state index in [-0.39, 0.29) is 10.8 Å². The molecule has 1 aliphatic carbocycles. The Morgan fingerprint density at radius 1 is 0.719 bits per heavy atom. The number of aryl methyl sites for hydroxylation is 2.